The van der Waals surface area contributed by atoms with Gasteiger partial charge >= 0.3 is 0 Å². The Labute approximate surface area is 151 Å². The van der Waals surface area contributed by atoms with Gasteiger partial charge in [0.2, 0.25) is 5.91 Å². The fraction of sp³-hybridized carbons (Fsp3) is 0.368. The number of carbonyl (C=O) groups is 2. The van der Waals surface area contributed by atoms with Crippen LogP contribution in [-0.2, 0) is 17.6 Å². The molecule has 1 N–H and O–H groups in total. The number of thiophene rings is 1. The minimum absolute atomic E-state index is 0.0340. The van der Waals surface area contributed by atoms with Gasteiger partial charge in [-0.25, -0.2) is 0 Å². The van der Waals surface area contributed by atoms with E-state index in [0.717, 1.165) is 23.3 Å². The molecule has 3 nitrogen and oxygen atoms in total. The van der Waals surface area contributed by atoms with Crippen molar-refractivity contribution in [1.82, 2.24) is 5.32 Å². The number of hydrogen-bond donors (Lipinski definition) is 1. The normalized spacial score (nSPS) is 14.2. The number of rotatable bonds is 6. The highest BCUT2D eigenvalue weighted by molar-refractivity contribution is 7.16. The van der Waals surface area contributed by atoms with E-state index in [1.807, 2.05) is 31.2 Å². The lowest BCUT2D eigenvalue weighted by molar-refractivity contribution is -0.121. The lowest BCUT2D eigenvalue weighted by Gasteiger charge is -2.12. The Kier molecular flexibility index (Phi) is 5.36. The number of carbonyl (C=O) groups excluding carboxylic acids is 2. The topological polar surface area (TPSA) is 46.2 Å². The standard InChI is InChI=1S/C19H20ClNO2S/c1-12(17-8-9-18(20)24-17)21-19(23)10-7-16(22)15-6-5-13-3-2-4-14(13)11-15/h5-6,8-9,11-12H,2-4,7,10H2,1H3,(H,21,23). The van der Waals surface area contributed by atoms with Crippen LogP contribution in [0.1, 0.15) is 58.6 Å². The molecule has 1 aromatic carbocycles. The monoisotopic (exact) mass is 361 g/mol. The summed E-state index contributed by atoms with van der Waals surface area (Å²) in [5, 5.41) is 2.92. The van der Waals surface area contributed by atoms with Crippen molar-refractivity contribution < 1.29 is 9.59 Å². The van der Waals surface area contributed by atoms with E-state index in [-0.39, 0.29) is 30.6 Å². The number of hydrogen-bond acceptors (Lipinski definition) is 3. The molecule has 0 radical (unpaired) electrons. The van der Waals surface area contributed by atoms with Crippen LogP contribution in [0.2, 0.25) is 4.34 Å². The summed E-state index contributed by atoms with van der Waals surface area (Å²) in [6.45, 7) is 1.92. The Morgan fingerprint density at radius 1 is 1.17 bits per heavy atom. The van der Waals surface area contributed by atoms with E-state index >= 15 is 0 Å². The second-order valence-electron chi connectivity index (χ2n) is 6.19. The van der Waals surface area contributed by atoms with Crippen molar-refractivity contribution in [3.8, 4) is 0 Å². The second kappa shape index (κ2) is 7.49. The molecule has 24 heavy (non-hydrogen) atoms. The highest BCUT2D eigenvalue weighted by atomic mass is 35.5. The summed E-state index contributed by atoms with van der Waals surface area (Å²) >= 11 is 7.37. The number of Topliss-reactive ketones (excluding diaryl/α,β-unsaturated/α-hetero) is 1. The molecule has 0 saturated heterocycles. The quantitative estimate of drug-likeness (QED) is 0.756. The predicted octanol–water partition coefficient (Wildman–Crippen LogP) is 4.73. The van der Waals surface area contributed by atoms with Crippen molar-refractivity contribution in [3.05, 3.63) is 56.2 Å². The van der Waals surface area contributed by atoms with Gasteiger partial charge in [-0.15, -0.1) is 11.3 Å². The zero-order valence-electron chi connectivity index (χ0n) is 13.6. The van der Waals surface area contributed by atoms with Gasteiger partial charge < -0.3 is 5.32 Å². The van der Waals surface area contributed by atoms with E-state index in [1.54, 1.807) is 0 Å². The molecule has 1 aromatic heterocycles. The average molecular weight is 362 g/mol. The third kappa shape index (κ3) is 4.05. The number of benzene rings is 1. The van der Waals surface area contributed by atoms with E-state index in [9.17, 15) is 9.59 Å². The van der Waals surface area contributed by atoms with E-state index < -0.39 is 0 Å². The maximum Gasteiger partial charge on any atom is 0.220 e. The van der Waals surface area contributed by atoms with Crippen molar-refractivity contribution in [1.29, 1.82) is 0 Å². The minimum atomic E-state index is -0.110. The summed E-state index contributed by atoms with van der Waals surface area (Å²) in [4.78, 5) is 25.4. The van der Waals surface area contributed by atoms with Crippen molar-refractivity contribution in [3.63, 3.8) is 0 Å². The molecule has 0 spiro atoms. The molecule has 2 aromatic rings. The van der Waals surface area contributed by atoms with Gasteiger partial charge in [0.15, 0.2) is 5.78 Å². The molecule has 1 unspecified atom stereocenters. The van der Waals surface area contributed by atoms with Gasteiger partial charge in [0.05, 0.1) is 10.4 Å². The van der Waals surface area contributed by atoms with Crippen LogP contribution in [0, 0.1) is 0 Å². The minimum Gasteiger partial charge on any atom is -0.349 e. The molecule has 1 atom stereocenters. The van der Waals surface area contributed by atoms with Gasteiger partial charge in [-0.05, 0) is 55.5 Å². The maximum absolute atomic E-state index is 12.3. The van der Waals surface area contributed by atoms with Gasteiger partial charge in [-0.3, -0.25) is 9.59 Å². The van der Waals surface area contributed by atoms with Crippen LogP contribution < -0.4 is 5.32 Å². The van der Waals surface area contributed by atoms with Gasteiger partial charge in [-0.2, -0.15) is 0 Å². The van der Waals surface area contributed by atoms with Gasteiger partial charge in [0.1, 0.15) is 0 Å². The molecule has 1 heterocycles. The summed E-state index contributed by atoms with van der Waals surface area (Å²) in [7, 11) is 0. The second-order valence-corrected chi connectivity index (χ2v) is 7.94. The van der Waals surface area contributed by atoms with Crippen LogP contribution in [0.4, 0.5) is 0 Å². The number of nitrogens with one attached hydrogen (secondary N) is 1. The molecular weight excluding hydrogens is 342 g/mol. The third-order valence-corrected chi connectivity index (χ3v) is 5.81. The number of halogens is 1. The van der Waals surface area contributed by atoms with Crippen LogP contribution in [0.3, 0.4) is 0 Å². The molecule has 126 valence electrons. The first-order valence-electron chi connectivity index (χ1n) is 8.22. The van der Waals surface area contributed by atoms with Crippen LogP contribution in [0.25, 0.3) is 0 Å². The Balaban J connectivity index is 1.51. The highest BCUT2D eigenvalue weighted by Crippen LogP contribution is 2.27. The Bertz CT molecular complexity index is 768. The van der Waals surface area contributed by atoms with Gasteiger partial charge in [0.25, 0.3) is 0 Å². The average Bonchev–Trinajstić information content (AvgIpc) is 3.20. The zero-order valence-corrected chi connectivity index (χ0v) is 15.2. The lowest BCUT2D eigenvalue weighted by atomic mass is 10.0. The SMILES string of the molecule is CC(NC(=O)CCC(=O)c1ccc2c(c1)CCC2)c1ccc(Cl)s1. The molecular formula is C19H20ClNO2S. The number of amides is 1. The number of ketones is 1. The highest BCUT2D eigenvalue weighted by Gasteiger charge is 2.16. The number of fused-ring (bicyclic) bond motifs is 1. The first kappa shape index (κ1) is 17.2. The largest absolute Gasteiger partial charge is 0.349 e. The summed E-state index contributed by atoms with van der Waals surface area (Å²) in [5.74, 6) is -0.0757. The van der Waals surface area contributed by atoms with Gasteiger partial charge in [0, 0.05) is 23.3 Å². The molecule has 0 aliphatic heterocycles. The predicted molar refractivity (Wildman–Crippen MR) is 97.9 cm³/mol. The third-order valence-electron chi connectivity index (χ3n) is 4.40. The molecule has 1 aliphatic carbocycles. The van der Waals surface area contributed by atoms with E-state index in [1.165, 1.54) is 28.9 Å². The summed E-state index contributed by atoms with van der Waals surface area (Å²) < 4.78 is 0.706. The fourth-order valence-electron chi connectivity index (χ4n) is 3.06. The molecule has 1 aliphatic rings. The molecule has 0 saturated carbocycles. The molecule has 0 fully saturated rings. The van der Waals surface area contributed by atoms with E-state index in [2.05, 4.69) is 11.4 Å². The first-order chi connectivity index (χ1) is 11.5. The summed E-state index contributed by atoms with van der Waals surface area (Å²) in [5.41, 5.74) is 3.36. The van der Waals surface area contributed by atoms with Crippen LogP contribution in [0.5, 0.6) is 0 Å². The Morgan fingerprint density at radius 3 is 2.71 bits per heavy atom. The Morgan fingerprint density at radius 2 is 1.96 bits per heavy atom. The zero-order chi connectivity index (χ0) is 17.1. The molecule has 5 heteroatoms. The number of aryl methyl sites for hydroxylation is 2. The van der Waals surface area contributed by atoms with Crippen LogP contribution in [-0.4, -0.2) is 11.7 Å². The van der Waals surface area contributed by atoms with Crippen molar-refractivity contribution in [2.75, 3.05) is 0 Å². The molecule has 3 rings (SSSR count). The van der Waals surface area contributed by atoms with E-state index in [4.69, 9.17) is 11.6 Å². The molecule has 0 bridgehead atoms. The fourth-order valence-corrected chi connectivity index (χ4v) is 4.13. The summed E-state index contributed by atoms with van der Waals surface area (Å²) in [6.07, 6.45) is 3.77. The first-order valence-corrected chi connectivity index (χ1v) is 9.42. The van der Waals surface area contributed by atoms with Crippen LogP contribution >= 0.6 is 22.9 Å². The smallest absolute Gasteiger partial charge is 0.220 e. The van der Waals surface area contributed by atoms with Gasteiger partial charge in [-0.1, -0.05) is 23.7 Å². The van der Waals surface area contributed by atoms with Crippen molar-refractivity contribution >= 4 is 34.6 Å². The van der Waals surface area contributed by atoms with Crippen molar-refractivity contribution in [2.45, 2.75) is 45.1 Å². The van der Waals surface area contributed by atoms with Crippen LogP contribution in [0.15, 0.2) is 30.3 Å². The maximum atomic E-state index is 12.3. The summed E-state index contributed by atoms with van der Waals surface area (Å²) in [6, 6.07) is 9.58. The Hall–Kier alpha value is -1.65. The lowest BCUT2D eigenvalue weighted by Crippen LogP contribution is -2.26. The molecule has 1 amide bonds. The van der Waals surface area contributed by atoms with E-state index in [0.29, 0.717) is 4.34 Å². The van der Waals surface area contributed by atoms with Crippen molar-refractivity contribution in [2.24, 2.45) is 0 Å².